The van der Waals surface area contributed by atoms with E-state index in [2.05, 4.69) is 4.99 Å². The number of non-ortho nitro benzene ring substituents is 1. The normalized spacial score (nSPS) is 11.1. The molecule has 0 atom stereocenters. The molecular weight excluding hydrogens is 302 g/mol. The Morgan fingerprint density at radius 3 is 2.22 bits per heavy atom. The molecule has 0 spiro atoms. The summed E-state index contributed by atoms with van der Waals surface area (Å²) in [5.74, 6) is 0.669. The van der Waals surface area contributed by atoms with E-state index in [4.69, 9.17) is 4.74 Å². The lowest BCUT2D eigenvalue weighted by Crippen LogP contribution is -2.02. The summed E-state index contributed by atoms with van der Waals surface area (Å²) in [5, 5.41) is 21.9. The van der Waals surface area contributed by atoms with Gasteiger partial charge in [0.2, 0.25) is 0 Å². The fourth-order valence-electron chi connectivity index (χ4n) is 2.00. The third-order valence-electron chi connectivity index (χ3n) is 3.15. The third kappa shape index (κ3) is 3.67. The zero-order valence-electron chi connectivity index (χ0n) is 12.4. The van der Waals surface area contributed by atoms with Crippen molar-refractivity contribution in [2.24, 2.45) is 4.99 Å². The number of nitrogens with zero attached hydrogens (tertiary/aromatic N) is 3. The molecule has 0 heterocycles. The van der Waals surface area contributed by atoms with Crippen molar-refractivity contribution in [1.82, 2.24) is 0 Å². The van der Waals surface area contributed by atoms with Crippen molar-refractivity contribution in [3.8, 4) is 5.75 Å². The molecular formula is C15H13N3O5. The van der Waals surface area contributed by atoms with Gasteiger partial charge < -0.3 is 4.74 Å². The number of benzene rings is 2. The van der Waals surface area contributed by atoms with Crippen molar-refractivity contribution in [3.05, 3.63) is 68.3 Å². The molecule has 0 fully saturated rings. The summed E-state index contributed by atoms with van der Waals surface area (Å²) in [7, 11) is 1.55. The van der Waals surface area contributed by atoms with Gasteiger partial charge in [-0.15, -0.1) is 0 Å². The van der Waals surface area contributed by atoms with E-state index in [-0.39, 0.29) is 16.9 Å². The van der Waals surface area contributed by atoms with E-state index >= 15 is 0 Å². The van der Waals surface area contributed by atoms with Crippen LogP contribution in [-0.2, 0) is 0 Å². The molecule has 0 radical (unpaired) electrons. The number of rotatable bonds is 5. The van der Waals surface area contributed by atoms with E-state index in [9.17, 15) is 20.2 Å². The molecule has 2 rings (SSSR count). The van der Waals surface area contributed by atoms with Gasteiger partial charge in [-0.1, -0.05) is 0 Å². The molecule has 0 amide bonds. The van der Waals surface area contributed by atoms with E-state index < -0.39 is 9.85 Å². The highest BCUT2D eigenvalue weighted by Gasteiger charge is 2.20. The second-order valence-electron chi connectivity index (χ2n) is 4.61. The molecule has 0 saturated heterocycles. The van der Waals surface area contributed by atoms with Crippen molar-refractivity contribution in [2.75, 3.05) is 7.11 Å². The van der Waals surface area contributed by atoms with Crippen molar-refractivity contribution in [2.45, 2.75) is 6.92 Å². The van der Waals surface area contributed by atoms with Gasteiger partial charge in [-0.3, -0.25) is 25.2 Å². The number of hydrogen-bond donors (Lipinski definition) is 0. The van der Waals surface area contributed by atoms with E-state index in [0.29, 0.717) is 17.1 Å². The molecule has 0 unspecified atom stereocenters. The van der Waals surface area contributed by atoms with Gasteiger partial charge in [-0.25, -0.2) is 0 Å². The molecule has 0 bridgehead atoms. The fourth-order valence-corrected chi connectivity index (χ4v) is 2.00. The summed E-state index contributed by atoms with van der Waals surface area (Å²) in [5.41, 5.74) is 0.524. The van der Waals surface area contributed by atoms with Gasteiger partial charge in [0, 0.05) is 6.07 Å². The van der Waals surface area contributed by atoms with Crippen LogP contribution in [0.3, 0.4) is 0 Å². The quantitative estimate of drug-likeness (QED) is 0.475. The molecule has 0 aliphatic heterocycles. The van der Waals surface area contributed by atoms with Crippen molar-refractivity contribution in [1.29, 1.82) is 0 Å². The maximum atomic E-state index is 11.1. The molecule has 8 heteroatoms. The first-order valence-corrected chi connectivity index (χ1v) is 6.55. The predicted octanol–water partition coefficient (Wildman–Crippen LogP) is 3.65. The molecule has 0 aromatic heterocycles. The van der Waals surface area contributed by atoms with Crippen LogP contribution >= 0.6 is 0 Å². The van der Waals surface area contributed by atoms with Crippen LogP contribution in [0.25, 0.3) is 0 Å². The maximum Gasteiger partial charge on any atom is 0.285 e. The van der Waals surface area contributed by atoms with Gasteiger partial charge >= 0.3 is 0 Å². The topological polar surface area (TPSA) is 108 Å². The van der Waals surface area contributed by atoms with Crippen LogP contribution in [0.4, 0.5) is 17.1 Å². The standard InChI is InChI=1S/C15H13N3O5/c1-10(16-11-3-6-13(23-2)7-4-11)14-8-5-12(17(19)20)9-15(14)18(21)22/h3-9H,1-2H3. The lowest BCUT2D eigenvalue weighted by molar-refractivity contribution is -0.394. The van der Waals surface area contributed by atoms with Gasteiger partial charge in [-0.2, -0.15) is 0 Å². The van der Waals surface area contributed by atoms with Crippen molar-refractivity contribution < 1.29 is 14.6 Å². The SMILES string of the molecule is COc1ccc(N=C(C)c2ccc([N+](=O)[O-])cc2[N+](=O)[O-])cc1. The van der Waals surface area contributed by atoms with Gasteiger partial charge in [0.1, 0.15) is 5.75 Å². The van der Waals surface area contributed by atoms with Crippen molar-refractivity contribution in [3.63, 3.8) is 0 Å². The fraction of sp³-hybridized carbons (Fsp3) is 0.133. The molecule has 0 saturated carbocycles. The smallest absolute Gasteiger partial charge is 0.285 e. The summed E-state index contributed by atoms with van der Waals surface area (Å²) in [6.45, 7) is 1.61. The molecule has 23 heavy (non-hydrogen) atoms. The van der Waals surface area contributed by atoms with Crippen LogP contribution in [0.5, 0.6) is 5.75 Å². The Bertz CT molecular complexity index is 784. The molecule has 2 aromatic carbocycles. The van der Waals surface area contributed by atoms with Crippen LogP contribution in [0, 0.1) is 20.2 Å². The van der Waals surface area contributed by atoms with E-state index in [1.165, 1.54) is 12.1 Å². The van der Waals surface area contributed by atoms with Crippen LogP contribution in [0.2, 0.25) is 0 Å². The second-order valence-corrected chi connectivity index (χ2v) is 4.61. The summed E-state index contributed by atoms with van der Waals surface area (Å²) >= 11 is 0. The van der Waals surface area contributed by atoms with Gasteiger partial charge in [0.15, 0.2) is 0 Å². The minimum Gasteiger partial charge on any atom is -0.497 e. The van der Waals surface area contributed by atoms with Crippen LogP contribution in [-0.4, -0.2) is 22.7 Å². The zero-order chi connectivity index (χ0) is 17.0. The highest BCUT2D eigenvalue weighted by Crippen LogP contribution is 2.27. The lowest BCUT2D eigenvalue weighted by Gasteiger charge is -2.04. The monoisotopic (exact) mass is 315 g/mol. The van der Waals surface area contributed by atoms with Gasteiger partial charge in [0.25, 0.3) is 11.4 Å². The highest BCUT2D eigenvalue weighted by molar-refractivity contribution is 6.03. The summed E-state index contributed by atoms with van der Waals surface area (Å²) in [4.78, 5) is 24.9. The molecule has 118 valence electrons. The Labute approximate surface area is 131 Å². The van der Waals surface area contributed by atoms with Crippen LogP contribution in [0.1, 0.15) is 12.5 Å². The average Bonchev–Trinajstić information content (AvgIpc) is 2.54. The van der Waals surface area contributed by atoms with Crippen LogP contribution in [0.15, 0.2) is 47.5 Å². The minimum absolute atomic E-state index is 0.233. The number of nitro benzene ring substituents is 2. The number of ether oxygens (including phenoxy) is 1. The van der Waals surface area contributed by atoms with Gasteiger partial charge in [-0.05, 0) is 37.3 Å². The Kier molecular flexibility index (Phi) is 4.65. The van der Waals surface area contributed by atoms with E-state index in [1.807, 2.05) is 0 Å². The maximum absolute atomic E-state index is 11.1. The van der Waals surface area contributed by atoms with Gasteiger partial charge in [0.05, 0.1) is 40.0 Å². The summed E-state index contributed by atoms with van der Waals surface area (Å²) < 4.78 is 5.04. The highest BCUT2D eigenvalue weighted by atomic mass is 16.6. The largest absolute Gasteiger partial charge is 0.497 e. The first-order chi connectivity index (χ1) is 10.9. The number of methoxy groups -OCH3 is 1. The minimum atomic E-state index is -0.674. The molecule has 0 aliphatic carbocycles. The lowest BCUT2D eigenvalue weighted by atomic mass is 10.1. The van der Waals surface area contributed by atoms with Crippen LogP contribution < -0.4 is 4.74 Å². The molecule has 0 N–H and O–H groups in total. The molecule has 8 nitrogen and oxygen atoms in total. The van der Waals surface area contributed by atoms with E-state index in [0.717, 1.165) is 6.07 Å². The summed E-state index contributed by atoms with van der Waals surface area (Å²) in [6, 6.07) is 10.3. The predicted molar refractivity (Wildman–Crippen MR) is 84.6 cm³/mol. The zero-order valence-corrected chi connectivity index (χ0v) is 12.4. The third-order valence-corrected chi connectivity index (χ3v) is 3.15. The Morgan fingerprint density at radius 1 is 1.04 bits per heavy atom. The number of aliphatic imine (C=N–C) groups is 1. The Balaban J connectivity index is 2.44. The second kappa shape index (κ2) is 6.65. The van der Waals surface area contributed by atoms with Crippen molar-refractivity contribution >= 4 is 22.8 Å². The first-order valence-electron chi connectivity index (χ1n) is 6.55. The Hall–Kier alpha value is -3.29. The summed E-state index contributed by atoms with van der Waals surface area (Å²) in [6.07, 6.45) is 0. The van der Waals surface area contributed by atoms with E-state index in [1.54, 1.807) is 38.3 Å². The number of hydrogen-bond acceptors (Lipinski definition) is 6. The Morgan fingerprint density at radius 2 is 1.70 bits per heavy atom. The average molecular weight is 315 g/mol. The number of nitro groups is 2. The molecule has 2 aromatic rings. The first kappa shape index (κ1) is 16.1. The molecule has 0 aliphatic rings.